The molecule has 48 heavy (non-hydrogen) atoms. The van der Waals surface area contributed by atoms with Gasteiger partial charge in [0.2, 0.25) is 6.71 Å². The Morgan fingerprint density at radius 2 is 1.31 bits per heavy atom. The van der Waals surface area contributed by atoms with E-state index in [4.69, 9.17) is 4.98 Å². The van der Waals surface area contributed by atoms with Crippen LogP contribution >= 0.6 is 11.3 Å². The summed E-state index contributed by atoms with van der Waals surface area (Å²) in [6, 6.07) is 43.3. The second-order valence-corrected chi connectivity index (χ2v) is 14.9. The van der Waals surface area contributed by atoms with Crippen molar-refractivity contribution >= 4 is 82.1 Å². The SMILES string of the molecule is Cc1cc(C)c2c(c1)Cc1cc(C)cc(C)c1B2c1ccc(-c2cc3c4ccccc4sc3c3nc4c5ccccc5ccc4n23)cc1. The van der Waals surface area contributed by atoms with Gasteiger partial charge in [0.25, 0.3) is 0 Å². The number of fused-ring (bicyclic) bond motifs is 11. The lowest BCUT2D eigenvalue weighted by Crippen LogP contribution is -2.58. The van der Waals surface area contributed by atoms with Crippen molar-refractivity contribution in [3.05, 3.63) is 149 Å². The van der Waals surface area contributed by atoms with Crippen LogP contribution in [-0.4, -0.2) is 16.1 Å². The van der Waals surface area contributed by atoms with E-state index in [0.29, 0.717) is 0 Å². The minimum Gasteiger partial charge on any atom is -0.291 e. The van der Waals surface area contributed by atoms with Crippen LogP contribution in [0.5, 0.6) is 0 Å². The number of pyridine rings is 1. The first-order valence-electron chi connectivity index (χ1n) is 16.9. The molecule has 0 saturated carbocycles. The summed E-state index contributed by atoms with van der Waals surface area (Å²) in [6.45, 7) is 9.26. The maximum Gasteiger partial charge on any atom is 0.242 e. The standard InChI is InChI=1S/C44H33BN2S/c1-25-19-27(3)40-31(21-25)23-32-22-26(2)20-28(4)41(32)45(40)33-16-13-30(14-17-33)38-24-36-35-11-7-8-12-39(35)48-43(36)44-46-42-34-10-6-5-9-29(34)15-18-37(42)47(38)44/h5-22,24H,23H2,1-4H3. The molecular weight excluding hydrogens is 599 g/mol. The normalized spacial score (nSPS) is 12.9. The summed E-state index contributed by atoms with van der Waals surface area (Å²) in [4.78, 5) is 5.40. The number of rotatable bonds is 2. The predicted octanol–water partition coefficient (Wildman–Crippen LogP) is 9.33. The second-order valence-electron chi connectivity index (χ2n) is 13.8. The molecule has 2 nitrogen and oxygen atoms in total. The fourth-order valence-electron chi connectivity index (χ4n) is 8.78. The van der Waals surface area contributed by atoms with Crippen LogP contribution in [0.2, 0.25) is 0 Å². The molecule has 228 valence electrons. The molecule has 10 rings (SSSR count). The van der Waals surface area contributed by atoms with Crippen molar-refractivity contribution in [3.63, 3.8) is 0 Å². The zero-order valence-corrected chi connectivity index (χ0v) is 28.4. The molecule has 0 fully saturated rings. The summed E-state index contributed by atoms with van der Waals surface area (Å²) in [5.74, 6) is 0. The third-order valence-corrected chi connectivity index (χ3v) is 11.8. The number of aromatic nitrogens is 2. The Morgan fingerprint density at radius 1 is 0.646 bits per heavy atom. The predicted molar refractivity (Wildman–Crippen MR) is 208 cm³/mol. The van der Waals surface area contributed by atoms with Crippen molar-refractivity contribution in [3.8, 4) is 11.3 Å². The summed E-state index contributed by atoms with van der Waals surface area (Å²) >= 11 is 1.85. The monoisotopic (exact) mass is 632 g/mol. The van der Waals surface area contributed by atoms with E-state index in [2.05, 4.69) is 147 Å². The lowest BCUT2D eigenvalue weighted by Gasteiger charge is -2.31. The van der Waals surface area contributed by atoms with Crippen LogP contribution in [0.3, 0.4) is 0 Å². The van der Waals surface area contributed by atoms with Crippen LogP contribution in [0.25, 0.3) is 58.9 Å². The minimum absolute atomic E-state index is 0.211. The van der Waals surface area contributed by atoms with Crippen molar-refractivity contribution in [2.45, 2.75) is 34.1 Å². The van der Waals surface area contributed by atoms with Crippen LogP contribution in [0.1, 0.15) is 33.4 Å². The number of imidazole rings is 1. The summed E-state index contributed by atoms with van der Waals surface area (Å²) in [5.41, 5.74) is 18.3. The highest BCUT2D eigenvalue weighted by atomic mass is 32.1. The Morgan fingerprint density at radius 3 is 2.04 bits per heavy atom. The summed E-state index contributed by atoms with van der Waals surface area (Å²) in [5, 5.41) is 4.98. The van der Waals surface area contributed by atoms with Crippen LogP contribution in [-0.2, 0) is 6.42 Å². The molecule has 0 spiro atoms. The average molecular weight is 633 g/mol. The fraction of sp³-hybridized carbons (Fsp3) is 0.114. The molecule has 4 heterocycles. The molecule has 0 radical (unpaired) electrons. The third-order valence-electron chi connectivity index (χ3n) is 10.6. The Bertz CT molecular complexity index is 2740. The van der Waals surface area contributed by atoms with Crippen LogP contribution in [0, 0.1) is 27.7 Å². The molecule has 3 aromatic heterocycles. The summed E-state index contributed by atoms with van der Waals surface area (Å²) in [6.07, 6.45) is 0.999. The lowest BCUT2D eigenvalue weighted by atomic mass is 9.32. The molecule has 1 aliphatic heterocycles. The van der Waals surface area contributed by atoms with E-state index in [1.165, 1.54) is 92.0 Å². The highest BCUT2D eigenvalue weighted by Gasteiger charge is 2.33. The van der Waals surface area contributed by atoms with E-state index in [9.17, 15) is 0 Å². The zero-order chi connectivity index (χ0) is 32.3. The molecule has 0 unspecified atom stereocenters. The summed E-state index contributed by atoms with van der Waals surface area (Å²) in [7, 11) is 0. The molecule has 0 atom stereocenters. The minimum atomic E-state index is 0.211. The number of thiophene rings is 1. The van der Waals surface area contributed by atoms with Gasteiger partial charge in [-0.1, -0.05) is 136 Å². The first-order valence-corrected chi connectivity index (χ1v) is 17.7. The molecule has 0 amide bonds. The highest BCUT2D eigenvalue weighted by molar-refractivity contribution is 7.26. The Balaban J connectivity index is 1.23. The first-order chi connectivity index (χ1) is 23.4. The fourth-order valence-corrected chi connectivity index (χ4v) is 9.94. The molecule has 4 heteroatoms. The van der Waals surface area contributed by atoms with E-state index in [0.717, 1.165) is 23.1 Å². The largest absolute Gasteiger partial charge is 0.291 e. The van der Waals surface area contributed by atoms with E-state index < -0.39 is 0 Å². The molecule has 0 saturated heterocycles. The topological polar surface area (TPSA) is 17.3 Å². The second kappa shape index (κ2) is 10.2. The molecule has 6 aromatic carbocycles. The van der Waals surface area contributed by atoms with Gasteiger partial charge in [0.15, 0.2) is 5.65 Å². The van der Waals surface area contributed by atoms with Crippen LogP contribution in [0.4, 0.5) is 0 Å². The first kappa shape index (κ1) is 27.9. The highest BCUT2D eigenvalue weighted by Crippen LogP contribution is 2.41. The van der Waals surface area contributed by atoms with Gasteiger partial charge >= 0.3 is 0 Å². The average Bonchev–Trinajstić information content (AvgIpc) is 3.66. The number of nitrogens with zero attached hydrogens (tertiary/aromatic N) is 2. The van der Waals surface area contributed by atoms with Crippen molar-refractivity contribution in [2.75, 3.05) is 0 Å². The van der Waals surface area contributed by atoms with Crippen molar-refractivity contribution < 1.29 is 0 Å². The molecular formula is C44H33BN2S. The van der Waals surface area contributed by atoms with Gasteiger partial charge in [-0.15, -0.1) is 11.3 Å². The van der Waals surface area contributed by atoms with Crippen LogP contribution < -0.4 is 16.4 Å². The number of benzene rings is 6. The van der Waals surface area contributed by atoms with Crippen molar-refractivity contribution in [2.24, 2.45) is 0 Å². The van der Waals surface area contributed by atoms with Crippen molar-refractivity contribution in [1.29, 1.82) is 0 Å². The number of aryl methyl sites for hydroxylation is 4. The third kappa shape index (κ3) is 3.96. The molecule has 0 aliphatic carbocycles. The lowest BCUT2D eigenvalue weighted by molar-refractivity contribution is 1.16. The van der Waals surface area contributed by atoms with Gasteiger partial charge in [-0.25, -0.2) is 4.98 Å². The van der Waals surface area contributed by atoms with Gasteiger partial charge in [-0.3, -0.25) is 4.40 Å². The molecule has 1 aliphatic rings. The van der Waals surface area contributed by atoms with Gasteiger partial charge in [0.05, 0.1) is 21.4 Å². The van der Waals surface area contributed by atoms with Gasteiger partial charge in [0, 0.05) is 20.9 Å². The van der Waals surface area contributed by atoms with E-state index in [-0.39, 0.29) is 6.71 Å². The zero-order valence-electron chi connectivity index (χ0n) is 27.6. The number of hydrogen-bond donors (Lipinski definition) is 0. The maximum atomic E-state index is 5.40. The van der Waals surface area contributed by atoms with Gasteiger partial charge in [-0.2, -0.15) is 0 Å². The molecule has 0 bridgehead atoms. The Kier molecular flexibility index (Phi) is 5.90. The van der Waals surface area contributed by atoms with Gasteiger partial charge in [-0.05, 0) is 74.4 Å². The van der Waals surface area contributed by atoms with Gasteiger partial charge < -0.3 is 0 Å². The number of hydrogen-bond acceptors (Lipinski definition) is 2. The summed E-state index contributed by atoms with van der Waals surface area (Å²) < 4.78 is 4.94. The van der Waals surface area contributed by atoms with E-state index in [1.54, 1.807) is 0 Å². The van der Waals surface area contributed by atoms with Crippen LogP contribution in [0.15, 0.2) is 115 Å². The van der Waals surface area contributed by atoms with E-state index >= 15 is 0 Å². The van der Waals surface area contributed by atoms with E-state index in [1.807, 2.05) is 11.3 Å². The smallest absolute Gasteiger partial charge is 0.242 e. The quantitative estimate of drug-likeness (QED) is 0.174. The van der Waals surface area contributed by atoms with Crippen molar-refractivity contribution in [1.82, 2.24) is 9.38 Å². The Hall–Kier alpha value is -5.19. The Labute approximate surface area is 284 Å². The van der Waals surface area contributed by atoms with Gasteiger partial charge in [0.1, 0.15) is 0 Å². The maximum absolute atomic E-state index is 5.40. The molecule has 9 aromatic rings. The molecule has 0 N–H and O–H groups in total.